The summed E-state index contributed by atoms with van der Waals surface area (Å²) in [5.41, 5.74) is 0. The summed E-state index contributed by atoms with van der Waals surface area (Å²) in [5, 5.41) is 0. The Morgan fingerprint density at radius 1 is 1.50 bits per heavy atom. The van der Waals surface area contributed by atoms with Crippen LogP contribution in [0, 0.1) is 0 Å². The predicted molar refractivity (Wildman–Crippen MR) is 20.4 cm³/mol. The van der Waals surface area contributed by atoms with Gasteiger partial charge in [-0.25, -0.2) is 0 Å². The Labute approximate surface area is 32.1 Å². The normalized spacial score (nSPS) is 17.0. The fourth-order valence-electron chi connectivity index (χ4n) is 0. The summed E-state index contributed by atoms with van der Waals surface area (Å²) in [5.74, 6) is 0. The molecule has 0 aromatic rings. The molecule has 0 aromatic heterocycles. The highest BCUT2D eigenvalue weighted by Crippen LogP contribution is 1.52. The van der Waals surface area contributed by atoms with Crippen molar-refractivity contribution in [1.82, 2.24) is 0 Å². The minimum Gasteiger partial charge on any atom is -0.0991 e. The maximum absolute atomic E-state index is 6.49. The molecule has 22 valence electrons. The summed E-state index contributed by atoms with van der Waals surface area (Å²) in [6.07, 6.45) is 2.16. The van der Waals surface area contributed by atoms with Gasteiger partial charge in [-0.15, -0.1) is 0 Å². The summed E-state index contributed by atoms with van der Waals surface area (Å²) in [7, 11) is 0. The molecule has 0 spiro atoms. The molecule has 0 heteroatoms. The average molecular weight is 58.1 g/mol. The van der Waals surface area contributed by atoms with Gasteiger partial charge in [0.1, 0.15) is 0 Å². The molecule has 4 heavy (non-hydrogen) atoms. The summed E-state index contributed by atoms with van der Waals surface area (Å²) in [6.45, 7) is -0.774. The van der Waals surface area contributed by atoms with Gasteiger partial charge in [0.15, 0.2) is 0 Å². The lowest BCUT2D eigenvalue weighted by atomic mass is 10.6. The first-order valence-electron chi connectivity index (χ1n) is 2.91. The molecule has 0 aliphatic rings. The first-order valence-corrected chi connectivity index (χ1v) is 0.911. The van der Waals surface area contributed by atoms with E-state index in [0.29, 0.717) is 0 Å². The van der Waals surface area contributed by atoms with Crippen molar-refractivity contribution in [3.8, 4) is 0 Å². The molecule has 0 atom stereocenters. The van der Waals surface area contributed by atoms with E-state index < -0.39 is 0 Å². The van der Waals surface area contributed by atoms with Crippen molar-refractivity contribution in [2.24, 2.45) is 0 Å². The number of hydrogen-bond donors (Lipinski definition) is 0. The Bertz CT molecular complexity index is 100. The lowest BCUT2D eigenvalue weighted by Crippen LogP contribution is -1.21. The van der Waals surface area contributed by atoms with Crippen molar-refractivity contribution in [3.63, 3.8) is 0 Å². The lowest BCUT2D eigenvalue weighted by Gasteiger charge is -1.44. The van der Waals surface area contributed by atoms with Crippen LogP contribution in [0.2, 0.25) is 0 Å². The van der Waals surface area contributed by atoms with Crippen LogP contribution < -0.4 is 0 Å². The SMILES string of the molecule is [2H]C([2H])=CC=C([2H])[2H]. The summed E-state index contributed by atoms with van der Waals surface area (Å²) in [4.78, 5) is 0. The largest absolute Gasteiger partial charge is 0.0991 e. The number of rotatable bonds is 1. The topological polar surface area (TPSA) is 0 Å². The van der Waals surface area contributed by atoms with Crippen molar-refractivity contribution in [2.75, 3.05) is 0 Å². The molecular formula is C4H6. The minimum absolute atomic E-state index is 0.387. The Morgan fingerprint density at radius 3 is 2.25 bits per heavy atom. The summed E-state index contributed by atoms with van der Waals surface area (Å²) in [6, 6.07) is 0. The van der Waals surface area contributed by atoms with Gasteiger partial charge in [0.2, 0.25) is 0 Å². The number of allylic oxidation sites excluding steroid dienone is 2. The maximum Gasteiger partial charge on any atom is 0.0538 e. The van der Waals surface area contributed by atoms with E-state index in [1.54, 1.807) is 0 Å². The van der Waals surface area contributed by atoms with Gasteiger partial charge in [-0.1, -0.05) is 25.2 Å². The molecule has 0 unspecified atom stereocenters. The van der Waals surface area contributed by atoms with Crippen molar-refractivity contribution in [2.45, 2.75) is 0 Å². The highest BCUT2D eigenvalue weighted by atomic mass is 13.4. The molecule has 0 fully saturated rings. The molecular weight excluding hydrogens is 48.0 g/mol. The fourth-order valence-corrected chi connectivity index (χ4v) is 0. The maximum atomic E-state index is 6.49. The Balaban J connectivity index is 3.76. The van der Waals surface area contributed by atoms with Crippen LogP contribution in [0.4, 0.5) is 0 Å². The molecule has 0 N–H and O–H groups in total. The average Bonchev–Trinajstić information content (AvgIpc) is 1.61. The van der Waals surface area contributed by atoms with Gasteiger partial charge < -0.3 is 0 Å². The van der Waals surface area contributed by atoms with Gasteiger partial charge in [-0.2, -0.15) is 0 Å². The first-order chi connectivity index (χ1) is 3.63. The highest BCUT2D eigenvalue weighted by Gasteiger charge is 1.29. The lowest BCUT2D eigenvalue weighted by molar-refractivity contribution is 2.15. The summed E-state index contributed by atoms with van der Waals surface area (Å²) >= 11 is 0. The third-order valence-corrected chi connectivity index (χ3v) is 0.0833. The second kappa shape index (κ2) is 2.48. The monoisotopic (exact) mass is 58.1 g/mol. The van der Waals surface area contributed by atoms with Crippen molar-refractivity contribution in [3.05, 3.63) is 25.2 Å². The van der Waals surface area contributed by atoms with Gasteiger partial charge in [0.25, 0.3) is 0 Å². The molecule has 0 nitrogen and oxygen atoms in total. The van der Waals surface area contributed by atoms with E-state index >= 15 is 0 Å². The third kappa shape index (κ3) is 1.48. The number of hydrogen-bond acceptors (Lipinski definition) is 0. The van der Waals surface area contributed by atoms with E-state index in [-0.39, 0.29) is 13.1 Å². The third-order valence-electron chi connectivity index (χ3n) is 0.0833. The molecule has 0 aliphatic heterocycles. The van der Waals surface area contributed by atoms with E-state index in [0.717, 1.165) is 12.2 Å². The zero-order valence-electron chi connectivity index (χ0n) is 6.15. The van der Waals surface area contributed by atoms with Crippen LogP contribution in [-0.4, -0.2) is 0 Å². The molecule has 0 saturated heterocycles. The molecule has 0 saturated carbocycles. The van der Waals surface area contributed by atoms with Gasteiger partial charge >= 0.3 is 0 Å². The molecule has 0 aliphatic carbocycles. The van der Waals surface area contributed by atoms with Crippen molar-refractivity contribution < 1.29 is 5.48 Å². The van der Waals surface area contributed by atoms with E-state index in [4.69, 9.17) is 5.48 Å². The standard InChI is InChI=1S/C4H6/c1-3-4-2/h3-4H,1-2H2/i1D2,2D2. The van der Waals surface area contributed by atoms with Crippen molar-refractivity contribution in [1.29, 1.82) is 0 Å². The highest BCUT2D eigenvalue weighted by molar-refractivity contribution is 4.88. The second-order valence-electron chi connectivity index (χ2n) is 0.333. The van der Waals surface area contributed by atoms with E-state index in [2.05, 4.69) is 0 Å². The minimum atomic E-state index is -0.387. The Morgan fingerprint density at radius 2 is 2.00 bits per heavy atom. The predicted octanol–water partition coefficient (Wildman–Crippen LogP) is 1.36. The molecule has 0 heterocycles. The van der Waals surface area contributed by atoms with Gasteiger partial charge in [0.05, 0.1) is 5.48 Å². The van der Waals surface area contributed by atoms with Crippen LogP contribution in [-0.2, 0) is 0 Å². The van der Waals surface area contributed by atoms with E-state index in [1.807, 2.05) is 0 Å². The molecule has 0 aromatic carbocycles. The molecule has 0 bridgehead atoms. The van der Waals surface area contributed by atoms with E-state index in [1.165, 1.54) is 0 Å². The van der Waals surface area contributed by atoms with Crippen LogP contribution in [0.15, 0.2) is 25.2 Å². The molecule has 0 rings (SSSR count). The van der Waals surface area contributed by atoms with Crippen LogP contribution in [0.1, 0.15) is 5.48 Å². The van der Waals surface area contributed by atoms with Crippen molar-refractivity contribution >= 4 is 0 Å². The second-order valence-corrected chi connectivity index (χ2v) is 0.333. The Kier molecular flexibility index (Phi) is 0.316. The van der Waals surface area contributed by atoms with E-state index in [9.17, 15) is 0 Å². The van der Waals surface area contributed by atoms with Gasteiger partial charge in [0, 0.05) is 0 Å². The van der Waals surface area contributed by atoms with Gasteiger partial charge in [-0.3, -0.25) is 0 Å². The van der Waals surface area contributed by atoms with Crippen LogP contribution in [0.5, 0.6) is 0 Å². The molecule has 0 radical (unpaired) electrons. The zero-order chi connectivity index (χ0) is 6.57. The summed E-state index contributed by atoms with van der Waals surface area (Å²) < 4.78 is 26.0. The fraction of sp³-hybridized carbons (Fsp3) is 0. The molecule has 0 amide bonds. The first kappa shape index (κ1) is 0.510. The van der Waals surface area contributed by atoms with Crippen LogP contribution in [0.25, 0.3) is 0 Å². The van der Waals surface area contributed by atoms with Gasteiger partial charge in [-0.05, 0) is 0 Å². The smallest absolute Gasteiger partial charge is 0.0538 e. The van der Waals surface area contributed by atoms with Crippen LogP contribution in [0.3, 0.4) is 0 Å². The Hall–Kier alpha value is -0.520. The van der Waals surface area contributed by atoms with Crippen LogP contribution >= 0.6 is 0 Å². The quantitative estimate of drug-likeness (QED) is 0.399. The zero-order valence-corrected chi connectivity index (χ0v) is 2.15.